The smallest absolute Gasteiger partial charge is 0.343 e. The van der Waals surface area contributed by atoms with Crippen LogP contribution in [0.2, 0.25) is 0 Å². The molecule has 1 aliphatic carbocycles. The summed E-state index contributed by atoms with van der Waals surface area (Å²) in [5, 5.41) is 11.1. The first-order valence-corrected chi connectivity index (χ1v) is 11.2. The van der Waals surface area contributed by atoms with Gasteiger partial charge < -0.3 is 14.4 Å². The van der Waals surface area contributed by atoms with Crippen LogP contribution in [0.15, 0.2) is 53.4 Å². The Labute approximate surface area is 194 Å². The maximum absolute atomic E-state index is 13.7. The van der Waals surface area contributed by atoms with Crippen LogP contribution >= 0.6 is 0 Å². The van der Waals surface area contributed by atoms with Crippen LogP contribution in [0.1, 0.15) is 41.3 Å². The van der Waals surface area contributed by atoms with Crippen LogP contribution < -0.4 is 5.56 Å². The fourth-order valence-electron chi connectivity index (χ4n) is 5.23. The van der Waals surface area contributed by atoms with Gasteiger partial charge in [-0.1, -0.05) is 37.3 Å². The highest BCUT2D eigenvalue weighted by atomic mass is 19.1. The summed E-state index contributed by atoms with van der Waals surface area (Å²) in [6, 6.07) is 7.99. The van der Waals surface area contributed by atoms with Gasteiger partial charge in [0.2, 0.25) is 0 Å². The minimum absolute atomic E-state index is 0.0812. The lowest BCUT2D eigenvalue weighted by atomic mass is 9.85. The Bertz CT molecular complexity index is 1520. The number of pyridine rings is 2. The predicted molar refractivity (Wildman–Crippen MR) is 124 cm³/mol. The molecule has 0 amide bonds. The molecule has 3 aromatic rings. The number of cyclic esters (lactones) is 1. The number of aliphatic hydroxyl groups is 1. The Morgan fingerprint density at radius 3 is 2.68 bits per heavy atom. The minimum Gasteiger partial charge on any atom is -0.458 e. The van der Waals surface area contributed by atoms with Gasteiger partial charge in [-0.2, -0.15) is 0 Å². The predicted octanol–water partition coefficient (Wildman–Crippen LogP) is 3.86. The van der Waals surface area contributed by atoms with Crippen molar-refractivity contribution in [2.45, 2.75) is 38.5 Å². The van der Waals surface area contributed by atoms with Crippen LogP contribution in [0.3, 0.4) is 0 Å². The number of rotatable bonds is 2. The van der Waals surface area contributed by atoms with Gasteiger partial charge in [0.1, 0.15) is 12.4 Å². The van der Waals surface area contributed by atoms with Crippen molar-refractivity contribution in [2.75, 3.05) is 0 Å². The van der Waals surface area contributed by atoms with E-state index in [9.17, 15) is 19.1 Å². The van der Waals surface area contributed by atoms with Crippen molar-refractivity contribution >= 4 is 12.0 Å². The third-order valence-electron chi connectivity index (χ3n) is 7.05. The SMILES string of the molecule is C=C1C=Cc2nc3c(c(-c4ccc(F)cc4)c2C1)Cn1c-3cc2c(c1=O)COC(=O)C2(O)CC. The third-order valence-corrected chi connectivity index (χ3v) is 7.05. The van der Waals surface area contributed by atoms with Crippen molar-refractivity contribution in [1.82, 2.24) is 9.55 Å². The second kappa shape index (κ2) is 7.08. The Kier molecular flexibility index (Phi) is 4.32. The van der Waals surface area contributed by atoms with Gasteiger partial charge in [-0.15, -0.1) is 0 Å². The summed E-state index contributed by atoms with van der Waals surface area (Å²) in [5.41, 5.74) is 4.79. The van der Waals surface area contributed by atoms with E-state index in [0.717, 1.165) is 33.5 Å². The van der Waals surface area contributed by atoms with Crippen molar-refractivity contribution in [3.05, 3.63) is 92.7 Å². The number of hydrogen-bond donors (Lipinski definition) is 1. The zero-order valence-corrected chi connectivity index (χ0v) is 18.5. The normalized spacial score (nSPS) is 19.9. The first kappa shape index (κ1) is 20.7. The average molecular weight is 456 g/mol. The molecule has 0 saturated carbocycles. The number of benzene rings is 1. The van der Waals surface area contributed by atoms with Gasteiger partial charge in [-0.05, 0) is 53.8 Å². The second-order valence-electron chi connectivity index (χ2n) is 8.96. The molecule has 7 heteroatoms. The molecule has 4 heterocycles. The molecule has 0 spiro atoms. The number of aromatic nitrogens is 2. The number of esters is 1. The van der Waals surface area contributed by atoms with Gasteiger partial charge in [0.25, 0.3) is 5.56 Å². The maximum atomic E-state index is 13.7. The summed E-state index contributed by atoms with van der Waals surface area (Å²) in [6.07, 6.45) is 4.49. The minimum atomic E-state index is -1.88. The molecule has 6 rings (SSSR count). The summed E-state index contributed by atoms with van der Waals surface area (Å²) in [7, 11) is 0. The van der Waals surface area contributed by atoms with E-state index in [1.165, 1.54) is 12.1 Å². The van der Waals surface area contributed by atoms with Crippen LogP contribution in [0.4, 0.5) is 4.39 Å². The lowest BCUT2D eigenvalue weighted by Gasteiger charge is -2.31. The molecule has 3 aliphatic rings. The van der Waals surface area contributed by atoms with E-state index in [2.05, 4.69) is 6.58 Å². The van der Waals surface area contributed by atoms with E-state index in [1.54, 1.807) is 29.7 Å². The first-order valence-electron chi connectivity index (χ1n) is 11.2. The van der Waals surface area contributed by atoms with E-state index in [1.807, 2.05) is 12.2 Å². The molecular weight excluding hydrogens is 435 g/mol. The highest BCUT2D eigenvalue weighted by molar-refractivity contribution is 5.86. The molecule has 1 N–H and O–H groups in total. The van der Waals surface area contributed by atoms with E-state index >= 15 is 0 Å². The lowest BCUT2D eigenvalue weighted by molar-refractivity contribution is -0.172. The number of nitrogens with zero attached hydrogens (tertiary/aromatic N) is 2. The van der Waals surface area contributed by atoms with Crippen LogP contribution in [0.25, 0.3) is 28.6 Å². The molecule has 1 unspecified atom stereocenters. The summed E-state index contributed by atoms with van der Waals surface area (Å²) >= 11 is 0. The molecule has 0 fully saturated rings. The molecule has 2 aromatic heterocycles. The molecule has 34 heavy (non-hydrogen) atoms. The van der Waals surface area contributed by atoms with Gasteiger partial charge >= 0.3 is 5.97 Å². The highest BCUT2D eigenvalue weighted by Crippen LogP contribution is 2.44. The Balaban J connectivity index is 1.66. The average Bonchev–Trinajstić information content (AvgIpc) is 3.19. The van der Waals surface area contributed by atoms with Crippen LogP contribution in [0.5, 0.6) is 0 Å². The van der Waals surface area contributed by atoms with Crippen molar-refractivity contribution in [3.8, 4) is 22.5 Å². The number of hydrogen-bond acceptors (Lipinski definition) is 5. The molecule has 1 aromatic carbocycles. The van der Waals surface area contributed by atoms with Gasteiger partial charge in [-0.3, -0.25) is 4.79 Å². The number of halogens is 1. The van der Waals surface area contributed by atoms with Crippen LogP contribution in [-0.2, 0) is 34.7 Å². The van der Waals surface area contributed by atoms with Crippen molar-refractivity contribution in [2.24, 2.45) is 0 Å². The fourth-order valence-corrected chi connectivity index (χ4v) is 5.23. The zero-order chi connectivity index (χ0) is 23.8. The van der Waals surface area contributed by atoms with Crippen molar-refractivity contribution < 1.29 is 19.0 Å². The molecule has 2 aliphatic heterocycles. The lowest BCUT2D eigenvalue weighted by Crippen LogP contribution is -2.44. The fraction of sp³-hybridized carbons (Fsp3) is 0.222. The van der Waals surface area contributed by atoms with Crippen LogP contribution in [-0.4, -0.2) is 20.6 Å². The van der Waals surface area contributed by atoms with Gasteiger partial charge in [0.05, 0.1) is 29.2 Å². The number of allylic oxidation sites excluding steroid dienone is 2. The molecule has 0 radical (unpaired) electrons. The van der Waals surface area contributed by atoms with Crippen molar-refractivity contribution in [1.29, 1.82) is 0 Å². The van der Waals surface area contributed by atoms with Gasteiger partial charge in [-0.25, -0.2) is 14.2 Å². The third kappa shape index (κ3) is 2.73. The molecule has 0 saturated heterocycles. The molecule has 1 atom stereocenters. The number of fused-ring (bicyclic) bond motifs is 5. The largest absolute Gasteiger partial charge is 0.458 e. The monoisotopic (exact) mass is 456 g/mol. The topological polar surface area (TPSA) is 81.4 Å². The zero-order valence-electron chi connectivity index (χ0n) is 18.5. The Morgan fingerprint density at radius 2 is 1.94 bits per heavy atom. The van der Waals surface area contributed by atoms with Crippen molar-refractivity contribution in [3.63, 3.8) is 0 Å². The van der Waals surface area contributed by atoms with E-state index in [0.29, 0.717) is 17.8 Å². The quantitative estimate of drug-likeness (QED) is 0.464. The summed E-state index contributed by atoms with van der Waals surface area (Å²) in [6.45, 7) is 5.86. The molecule has 6 nitrogen and oxygen atoms in total. The number of carbonyl (C=O) groups excluding carboxylic acids is 1. The van der Waals surface area contributed by atoms with Gasteiger partial charge in [0, 0.05) is 11.1 Å². The standard InChI is InChI=1S/C27H21FN2O4/c1-3-27(33)20-11-22-24-18(12-30(22)25(31)19(20)13-34-26(27)32)23(15-5-7-16(28)8-6-15)17-10-14(2)4-9-21(17)29-24/h4-9,11,33H,2-3,10,12-13H2,1H3. The second-order valence-corrected chi connectivity index (χ2v) is 8.96. The first-order chi connectivity index (χ1) is 16.3. The van der Waals surface area contributed by atoms with Crippen LogP contribution in [0, 0.1) is 5.82 Å². The van der Waals surface area contributed by atoms with Gasteiger partial charge in [0.15, 0.2) is 5.60 Å². The molecule has 170 valence electrons. The summed E-state index contributed by atoms with van der Waals surface area (Å²) in [4.78, 5) is 30.8. The molecule has 0 bridgehead atoms. The Hall–Kier alpha value is -3.84. The molecular formula is C27H21FN2O4. The number of ether oxygens (including phenoxy) is 1. The summed E-state index contributed by atoms with van der Waals surface area (Å²) in [5.74, 6) is -1.08. The summed E-state index contributed by atoms with van der Waals surface area (Å²) < 4.78 is 20.5. The Morgan fingerprint density at radius 1 is 1.18 bits per heavy atom. The number of carbonyl (C=O) groups is 1. The van der Waals surface area contributed by atoms with E-state index in [4.69, 9.17) is 9.72 Å². The highest BCUT2D eigenvalue weighted by Gasteiger charge is 2.45. The van der Waals surface area contributed by atoms with E-state index < -0.39 is 11.6 Å². The maximum Gasteiger partial charge on any atom is 0.343 e. The van der Waals surface area contributed by atoms with E-state index in [-0.39, 0.29) is 42.1 Å².